The Labute approximate surface area is 141 Å². The number of hydrogen-bond acceptors (Lipinski definition) is 5. The first-order chi connectivity index (χ1) is 11.6. The number of carboxylic acid groups (broad SMARTS) is 1. The number of hydrogen-bond donors (Lipinski definition) is 1. The van der Waals surface area contributed by atoms with Crippen LogP contribution in [0.3, 0.4) is 0 Å². The fourth-order valence-electron chi connectivity index (χ4n) is 4.55. The molecule has 4 rings (SSSR count). The molecule has 0 spiro atoms. The maximum absolute atomic E-state index is 12.0. The highest BCUT2D eigenvalue weighted by Crippen LogP contribution is 2.42. The van der Waals surface area contributed by atoms with Gasteiger partial charge in [-0.2, -0.15) is 0 Å². The molecule has 2 fully saturated rings. The number of carbonyl (C=O) groups is 1. The fourth-order valence-corrected chi connectivity index (χ4v) is 4.55. The smallest absolute Gasteiger partial charge is 0.311 e. The van der Waals surface area contributed by atoms with Gasteiger partial charge in [0, 0.05) is 32.1 Å². The van der Waals surface area contributed by atoms with Gasteiger partial charge in [-0.15, -0.1) is 0 Å². The Morgan fingerprint density at radius 3 is 3.00 bits per heavy atom. The Morgan fingerprint density at radius 2 is 2.17 bits per heavy atom. The summed E-state index contributed by atoms with van der Waals surface area (Å²) in [6.07, 6.45) is 1.70. The number of nitrogens with zero attached hydrogens (tertiary/aromatic N) is 2. The van der Waals surface area contributed by atoms with E-state index in [9.17, 15) is 9.90 Å². The zero-order chi connectivity index (χ0) is 16.7. The van der Waals surface area contributed by atoms with Crippen molar-refractivity contribution in [2.75, 3.05) is 40.0 Å². The summed E-state index contributed by atoms with van der Waals surface area (Å²) >= 11 is 0. The van der Waals surface area contributed by atoms with Crippen molar-refractivity contribution in [1.82, 2.24) is 9.80 Å². The highest BCUT2D eigenvalue weighted by atomic mass is 16.7. The number of likely N-dealkylation sites (tertiary alicyclic amines) is 2. The lowest BCUT2D eigenvalue weighted by Crippen LogP contribution is -2.41. The van der Waals surface area contributed by atoms with Crippen LogP contribution in [0.15, 0.2) is 18.2 Å². The number of carboxylic acids is 1. The Morgan fingerprint density at radius 1 is 1.33 bits per heavy atom. The van der Waals surface area contributed by atoms with E-state index in [1.54, 1.807) is 0 Å². The zero-order valence-corrected chi connectivity index (χ0v) is 14.0. The molecule has 1 aromatic carbocycles. The lowest BCUT2D eigenvalue weighted by atomic mass is 9.75. The van der Waals surface area contributed by atoms with Crippen LogP contribution in [0.25, 0.3) is 0 Å². The Kier molecular flexibility index (Phi) is 3.89. The van der Waals surface area contributed by atoms with Gasteiger partial charge >= 0.3 is 5.97 Å². The third kappa shape index (κ3) is 2.63. The molecule has 3 aliphatic heterocycles. The molecule has 2 saturated heterocycles. The van der Waals surface area contributed by atoms with Gasteiger partial charge in [0.05, 0.1) is 5.41 Å². The normalized spacial score (nSPS) is 30.1. The van der Waals surface area contributed by atoms with E-state index in [1.807, 2.05) is 19.2 Å². The minimum Gasteiger partial charge on any atom is -0.481 e. The van der Waals surface area contributed by atoms with Crippen molar-refractivity contribution in [1.29, 1.82) is 0 Å². The topological polar surface area (TPSA) is 62.2 Å². The van der Waals surface area contributed by atoms with E-state index < -0.39 is 11.4 Å². The standard InChI is InChI=1S/C18H24N2O4/c1-19-9-14-10-20(6-2-5-18(14,11-19)17(21)22)8-13-3-4-15-16(7-13)24-12-23-15/h3-4,7,14H,2,5-6,8-12H2,1H3,(H,21,22)/t14-,18+/m0/s1. The minimum atomic E-state index is -0.623. The number of benzene rings is 1. The Hall–Kier alpha value is -1.79. The summed E-state index contributed by atoms with van der Waals surface area (Å²) in [5, 5.41) is 9.85. The van der Waals surface area contributed by atoms with E-state index in [0.29, 0.717) is 6.54 Å². The average molecular weight is 332 g/mol. The summed E-state index contributed by atoms with van der Waals surface area (Å²) in [6.45, 7) is 4.44. The largest absolute Gasteiger partial charge is 0.481 e. The second kappa shape index (κ2) is 5.93. The molecular formula is C18H24N2O4. The van der Waals surface area contributed by atoms with Gasteiger partial charge in [-0.05, 0) is 44.1 Å². The van der Waals surface area contributed by atoms with Crippen molar-refractivity contribution < 1.29 is 19.4 Å². The van der Waals surface area contributed by atoms with Crippen LogP contribution in [0.5, 0.6) is 11.5 Å². The molecule has 130 valence electrons. The summed E-state index contributed by atoms with van der Waals surface area (Å²) in [7, 11) is 2.03. The van der Waals surface area contributed by atoms with Crippen LogP contribution in [0.1, 0.15) is 18.4 Å². The van der Waals surface area contributed by atoms with Crippen molar-refractivity contribution in [3.8, 4) is 11.5 Å². The first-order valence-corrected chi connectivity index (χ1v) is 8.60. The van der Waals surface area contributed by atoms with Crippen LogP contribution in [-0.2, 0) is 11.3 Å². The molecule has 0 amide bonds. The average Bonchev–Trinajstić information content (AvgIpc) is 3.07. The van der Waals surface area contributed by atoms with Crippen LogP contribution < -0.4 is 9.47 Å². The lowest BCUT2D eigenvalue weighted by molar-refractivity contribution is -0.150. The minimum absolute atomic E-state index is 0.191. The quantitative estimate of drug-likeness (QED) is 0.908. The van der Waals surface area contributed by atoms with Crippen molar-refractivity contribution in [3.63, 3.8) is 0 Å². The van der Waals surface area contributed by atoms with Crippen LogP contribution in [0.2, 0.25) is 0 Å². The maximum Gasteiger partial charge on any atom is 0.311 e. The molecule has 0 radical (unpaired) electrons. The van der Waals surface area contributed by atoms with Crippen LogP contribution >= 0.6 is 0 Å². The third-order valence-electron chi connectivity index (χ3n) is 5.71. The van der Waals surface area contributed by atoms with E-state index in [4.69, 9.17) is 9.47 Å². The van der Waals surface area contributed by atoms with Gasteiger partial charge in [0.15, 0.2) is 11.5 Å². The van der Waals surface area contributed by atoms with Crippen LogP contribution in [0.4, 0.5) is 0 Å². The van der Waals surface area contributed by atoms with E-state index in [0.717, 1.165) is 50.5 Å². The van der Waals surface area contributed by atoms with E-state index in [2.05, 4.69) is 15.9 Å². The molecule has 0 aromatic heterocycles. The van der Waals surface area contributed by atoms with Crippen molar-refractivity contribution in [3.05, 3.63) is 23.8 Å². The lowest BCUT2D eigenvalue weighted by Gasteiger charge is -2.29. The van der Waals surface area contributed by atoms with Crippen LogP contribution in [-0.4, -0.2) is 60.9 Å². The van der Waals surface area contributed by atoms with E-state index in [1.165, 1.54) is 5.56 Å². The molecule has 1 aromatic rings. The third-order valence-corrected chi connectivity index (χ3v) is 5.71. The number of rotatable bonds is 3. The van der Waals surface area contributed by atoms with Gasteiger partial charge in [0.1, 0.15) is 0 Å². The monoisotopic (exact) mass is 332 g/mol. The molecule has 6 heteroatoms. The highest BCUT2D eigenvalue weighted by Gasteiger charge is 2.52. The Balaban J connectivity index is 1.50. The maximum atomic E-state index is 12.0. The van der Waals surface area contributed by atoms with Gasteiger partial charge in [0.2, 0.25) is 6.79 Å². The molecule has 3 aliphatic rings. The Bertz CT molecular complexity index is 650. The molecule has 0 aliphatic carbocycles. The number of aliphatic carboxylic acids is 1. The molecule has 0 saturated carbocycles. The van der Waals surface area contributed by atoms with E-state index >= 15 is 0 Å². The first kappa shape index (κ1) is 15.7. The van der Waals surface area contributed by atoms with Gasteiger partial charge in [-0.25, -0.2) is 0 Å². The first-order valence-electron chi connectivity index (χ1n) is 8.60. The second-order valence-corrected chi connectivity index (χ2v) is 7.38. The number of ether oxygens (including phenoxy) is 2. The van der Waals surface area contributed by atoms with E-state index in [-0.39, 0.29) is 12.7 Å². The predicted molar refractivity (Wildman–Crippen MR) is 88.1 cm³/mol. The molecule has 1 N–H and O–H groups in total. The van der Waals surface area contributed by atoms with Gasteiger partial charge in [-0.3, -0.25) is 9.69 Å². The molecular weight excluding hydrogens is 308 g/mol. The highest BCUT2D eigenvalue weighted by molar-refractivity contribution is 5.76. The van der Waals surface area contributed by atoms with Gasteiger partial charge in [0.25, 0.3) is 0 Å². The fraction of sp³-hybridized carbons (Fsp3) is 0.611. The van der Waals surface area contributed by atoms with Crippen molar-refractivity contribution >= 4 is 5.97 Å². The SMILES string of the molecule is CN1C[C@H]2CN(Cc3ccc4c(c3)OCO4)CCC[C@@]2(C(=O)O)C1. The second-order valence-electron chi connectivity index (χ2n) is 7.38. The van der Waals surface area contributed by atoms with Gasteiger partial charge < -0.3 is 19.5 Å². The molecule has 2 atom stereocenters. The van der Waals surface area contributed by atoms with Crippen molar-refractivity contribution in [2.45, 2.75) is 19.4 Å². The van der Waals surface area contributed by atoms with Gasteiger partial charge in [-0.1, -0.05) is 6.07 Å². The number of fused-ring (bicyclic) bond motifs is 2. The van der Waals surface area contributed by atoms with Crippen LogP contribution in [0, 0.1) is 11.3 Å². The molecule has 6 nitrogen and oxygen atoms in total. The zero-order valence-electron chi connectivity index (χ0n) is 14.0. The predicted octanol–water partition coefficient (Wildman–Crippen LogP) is 1.64. The molecule has 0 unspecified atom stereocenters. The molecule has 0 bridgehead atoms. The summed E-state index contributed by atoms with van der Waals surface area (Å²) in [5.74, 6) is 1.18. The molecule has 24 heavy (non-hydrogen) atoms. The molecule has 3 heterocycles. The van der Waals surface area contributed by atoms with Crippen molar-refractivity contribution in [2.24, 2.45) is 11.3 Å². The summed E-state index contributed by atoms with van der Waals surface area (Å²) in [6, 6.07) is 6.07. The summed E-state index contributed by atoms with van der Waals surface area (Å²) < 4.78 is 10.8. The summed E-state index contributed by atoms with van der Waals surface area (Å²) in [4.78, 5) is 16.5. The summed E-state index contributed by atoms with van der Waals surface area (Å²) in [5.41, 5.74) is 0.617.